The number of halogens is 1. The van der Waals surface area contributed by atoms with Gasteiger partial charge in [0.05, 0.1) is 15.8 Å². The van der Waals surface area contributed by atoms with Crippen LogP contribution in [0.5, 0.6) is 0 Å². The molecule has 0 atom stereocenters. The van der Waals surface area contributed by atoms with Crippen LogP contribution in [0, 0.1) is 0 Å². The molecule has 0 aliphatic heterocycles. The molecule has 2 heterocycles. The van der Waals surface area contributed by atoms with Gasteiger partial charge >= 0.3 is 5.97 Å². The van der Waals surface area contributed by atoms with Gasteiger partial charge in [-0.1, -0.05) is 0 Å². The molecule has 0 amide bonds. The zero-order valence-corrected chi connectivity index (χ0v) is 10.7. The molecular weight excluding hydrogens is 296 g/mol. The van der Waals surface area contributed by atoms with Gasteiger partial charge in [0.25, 0.3) is 0 Å². The maximum atomic E-state index is 11.0. The molecule has 0 aliphatic rings. The predicted molar refractivity (Wildman–Crippen MR) is 60.8 cm³/mol. The monoisotopic (exact) mass is 302 g/mol. The molecule has 0 radical (unpaired) electrons. The third-order valence-electron chi connectivity index (χ3n) is 1.74. The van der Waals surface area contributed by atoms with Crippen molar-refractivity contribution >= 4 is 33.2 Å². The number of carbonyl (C=O) groups is 1. The average Bonchev–Trinajstić information content (AvgIpc) is 2.87. The third kappa shape index (κ3) is 2.45. The zero-order chi connectivity index (χ0) is 11.5. The van der Waals surface area contributed by atoms with Gasteiger partial charge in [-0.3, -0.25) is 0 Å². The molecule has 6 nitrogen and oxygen atoms in total. The second kappa shape index (κ2) is 4.71. The summed E-state index contributed by atoms with van der Waals surface area (Å²) in [7, 11) is 1.32. The summed E-state index contributed by atoms with van der Waals surface area (Å²) in [6.45, 7) is -0.0317. The highest BCUT2D eigenvalue weighted by atomic mass is 79.9. The molecule has 0 bridgehead atoms. The number of methoxy groups -OCH3 is 1. The van der Waals surface area contributed by atoms with E-state index in [1.54, 1.807) is 0 Å². The number of thiophene rings is 1. The summed E-state index contributed by atoms with van der Waals surface area (Å²) < 4.78 is 5.49. The second-order valence-electron chi connectivity index (χ2n) is 2.82. The van der Waals surface area contributed by atoms with E-state index in [4.69, 9.17) is 0 Å². The van der Waals surface area contributed by atoms with Crippen LogP contribution >= 0.6 is 27.3 Å². The highest BCUT2D eigenvalue weighted by molar-refractivity contribution is 9.11. The highest BCUT2D eigenvalue weighted by Gasteiger charge is 2.10. The number of hydrogen-bond donors (Lipinski definition) is 0. The Balaban J connectivity index is 2.16. The van der Waals surface area contributed by atoms with Gasteiger partial charge in [-0.25, -0.2) is 4.79 Å². The Labute approximate surface area is 103 Å². The van der Waals surface area contributed by atoms with Gasteiger partial charge in [0.2, 0.25) is 5.82 Å². The van der Waals surface area contributed by atoms with Crippen LogP contribution in [0.15, 0.2) is 15.9 Å². The van der Waals surface area contributed by atoms with Gasteiger partial charge in [0.15, 0.2) is 6.54 Å². The molecule has 0 aromatic carbocycles. The highest BCUT2D eigenvalue weighted by Crippen LogP contribution is 2.28. The molecular formula is C8H7BrN4O2S. The molecule has 0 unspecified atom stereocenters. The largest absolute Gasteiger partial charge is 0.468 e. The van der Waals surface area contributed by atoms with Crippen molar-refractivity contribution in [3.63, 3.8) is 0 Å². The molecule has 16 heavy (non-hydrogen) atoms. The summed E-state index contributed by atoms with van der Waals surface area (Å²) in [6.07, 6.45) is 0. The Morgan fingerprint density at radius 2 is 2.44 bits per heavy atom. The van der Waals surface area contributed by atoms with Crippen molar-refractivity contribution in [1.29, 1.82) is 0 Å². The summed E-state index contributed by atoms with van der Waals surface area (Å²) in [5, 5.41) is 11.7. The summed E-state index contributed by atoms with van der Waals surface area (Å²) in [5.41, 5.74) is 0. The minimum Gasteiger partial charge on any atom is -0.468 e. The van der Waals surface area contributed by atoms with Crippen LogP contribution in [0.25, 0.3) is 10.7 Å². The maximum Gasteiger partial charge on any atom is 0.329 e. The first-order valence-electron chi connectivity index (χ1n) is 4.29. The molecule has 2 rings (SSSR count). The Morgan fingerprint density at radius 1 is 1.62 bits per heavy atom. The zero-order valence-electron chi connectivity index (χ0n) is 8.25. The van der Waals surface area contributed by atoms with Crippen molar-refractivity contribution in [3.8, 4) is 10.7 Å². The molecule has 0 saturated heterocycles. The first-order valence-corrected chi connectivity index (χ1v) is 5.90. The molecule has 0 saturated carbocycles. The number of ether oxygens (including phenoxy) is 1. The van der Waals surface area contributed by atoms with E-state index in [1.807, 2.05) is 12.1 Å². The van der Waals surface area contributed by atoms with Crippen LogP contribution in [0.4, 0.5) is 0 Å². The van der Waals surface area contributed by atoms with Crippen LogP contribution in [0.3, 0.4) is 0 Å². The fourth-order valence-electron chi connectivity index (χ4n) is 1.02. The Morgan fingerprint density at radius 3 is 3.06 bits per heavy atom. The fraction of sp³-hybridized carbons (Fsp3) is 0.250. The lowest BCUT2D eigenvalue weighted by molar-refractivity contribution is -0.141. The lowest BCUT2D eigenvalue weighted by Crippen LogP contribution is -2.14. The topological polar surface area (TPSA) is 69.9 Å². The standard InChI is InChI=1S/C8H7BrN4O2S/c1-15-7(14)4-13-11-8(10-12-13)5-2-3-6(9)16-5/h2-3H,4H2,1H3. The van der Waals surface area contributed by atoms with Crippen molar-refractivity contribution < 1.29 is 9.53 Å². The van der Waals surface area contributed by atoms with Crippen molar-refractivity contribution in [1.82, 2.24) is 20.2 Å². The molecule has 2 aromatic rings. The average molecular weight is 303 g/mol. The molecule has 0 N–H and O–H groups in total. The van der Waals surface area contributed by atoms with E-state index in [0.717, 1.165) is 8.66 Å². The molecule has 0 aliphatic carbocycles. The quantitative estimate of drug-likeness (QED) is 0.800. The molecule has 0 fully saturated rings. The Bertz CT molecular complexity index is 510. The van der Waals surface area contributed by atoms with E-state index >= 15 is 0 Å². The molecule has 0 spiro atoms. The SMILES string of the molecule is COC(=O)Cn1nnc(-c2ccc(Br)s2)n1. The van der Waals surface area contributed by atoms with Crippen molar-refractivity contribution in [3.05, 3.63) is 15.9 Å². The van der Waals surface area contributed by atoms with Crippen LogP contribution < -0.4 is 0 Å². The van der Waals surface area contributed by atoms with E-state index in [-0.39, 0.29) is 6.54 Å². The van der Waals surface area contributed by atoms with E-state index < -0.39 is 5.97 Å². The van der Waals surface area contributed by atoms with Crippen molar-refractivity contribution in [2.24, 2.45) is 0 Å². The van der Waals surface area contributed by atoms with Crippen molar-refractivity contribution in [2.75, 3.05) is 7.11 Å². The second-order valence-corrected chi connectivity index (χ2v) is 5.29. The Hall–Kier alpha value is -1.28. The van der Waals surface area contributed by atoms with Crippen molar-refractivity contribution in [2.45, 2.75) is 6.54 Å². The van der Waals surface area contributed by atoms with Gasteiger partial charge in [0, 0.05) is 0 Å². The Kier molecular flexibility index (Phi) is 3.30. The first-order chi connectivity index (χ1) is 7.69. The van der Waals surface area contributed by atoms with Crippen LogP contribution in [-0.4, -0.2) is 33.3 Å². The van der Waals surface area contributed by atoms with E-state index in [1.165, 1.54) is 23.2 Å². The van der Waals surface area contributed by atoms with Gasteiger partial charge in [-0.2, -0.15) is 4.80 Å². The smallest absolute Gasteiger partial charge is 0.329 e. The number of hydrogen-bond acceptors (Lipinski definition) is 6. The van der Waals surface area contributed by atoms with E-state index in [0.29, 0.717) is 5.82 Å². The minimum atomic E-state index is -0.406. The van der Waals surface area contributed by atoms with Crippen LogP contribution in [-0.2, 0) is 16.1 Å². The van der Waals surface area contributed by atoms with Crippen LogP contribution in [0.1, 0.15) is 0 Å². The summed E-state index contributed by atoms with van der Waals surface area (Å²) >= 11 is 4.85. The lowest BCUT2D eigenvalue weighted by atomic mass is 10.5. The number of rotatable bonds is 3. The lowest BCUT2D eigenvalue weighted by Gasteiger charge is -1.95. The maximum absolute atomic E-state index is 11.0. The number of carbonyl (C=O) groups excluding carboxylic acids is 1. The van der Waals surface area contributed by atoms with Gasteiger partial charge in [0.1, 0.15) is 0 Å². The number of aromatic nitrogens is 4. The first kappa shape index (κ1) is 11.2. The number of esters is 1. The number of tetrazole rings is 1. The molecule has 8 heteroatoms. The summed E-state index contributed by atoms with van der Waals surface area (Å²) in [6, 6.07) is 3.79. The third-order valence-corrected chi connectivity index (χ3v) is 3.36. The number of nitrogens with zero attached hydrogens (tertiary/aromatic N) is 4. The van der Waals surface area contributed by atoms with Gasteiger partial charge < -0.3 is 4.74 Å². The predicted octanol–water partition coefficient (Wildman–Crippen LogP) is 1.34. The van der Waals surface area contributed by atoms with E-state index in [9.17, 15) is 4.79 Å². The van der Waals surface area contributed by atoms with Crippen LogP contribution in [0.2, 0.25) is 0 Å². The normalized spacial score (nSPS) is 10.4. The summed E-state index contributed by atoms with van der Waals surface area (Å²) in [4.78, 5) is 13.1. The molecule has 2 aromatic heterocycles. The summed E-state index contributed by atoms with van der Waals surface area (Å²) in [5.74, 6) is 0.0934. The minimum absolute atomic E-state index is 0.0317. The van der Waals surface area contributed by atoms with E-state index in [2.05, 4.69) is 36.1 Å². The van der Waals surface area contributed by atoms with Gasteiger partial charge in [-0.15, -0.1) is 21.5 Å². The fourth-order valence-corrected chi connectivity index (χ4v) is 2.33. The molecule has 84 valence electrons. The van der Waals surface area contributed by atoms with Gasteiger partial charge in [-0.05, 0) is 33.3 Å².